The molecule has 0 amide bonds. The van der Waals surface area contributed by atoms with Crippen LogP contribution in [-0.4, -0.2) is 41.4 Å². The zero-order valence-corrected chi connectivity index (χ0v) is 24.5. The molecule has 8 heteroatoms. The van der Waals surface area contributed by atoms with Gasteiger partial charge in [0.1, 0.15) is 0 Å². The molecule has 0 aromatic heterocycles. The van der Waals surface area contributed by atoms with Gasteiger partial charge in [-0.05, 0) is 0 Å². The summed E-state index contributed by atoms with van der Waals surface area (Å²) in [6.45, 7) is 29.5. The number of rotatable bonds is 10. The van der Waals surface area contributed by atoms with E-state index in [4.69, 9.17) is 23.3 Å². The van der Waals surface area contributed by atoms with E-state index in [0.717, 1.165) is 0 Å². The van der Waals surface area contributed by atoms with Crippen LogP contribution >= 0.6 is 0 Å². The first kappa shape index (κ1) is 43.5. The van der Waals surface area contributed by atoms with E-state index in [1.807, 2.05) is 0 Å². The van der Waals surface area contributed by atoms with E-state index < -0.39 is 18.4 Å². The maximum atomic E-state index is 7.50. The number of nitrogens with zero attached hydrogens (tertiary/aromatic N) is 1. The fourth-order valence-electron chi connectivity index (χ4n) is 2.41. The van der Waals surface area contributed by atoms with Crippen molar-refractivity contribution >= 4 is 22.4 Å². The van der Waals surface area contributed by atoms with Gasteiger partial charge in [-0.25, -0.2) is 0 Å². The summed E-state index contributed by atoms with van der Waals surface area (Å²) in [6.07, 6.45) is 8.23. The third-order valence-electron chi connectivity index (χ3n) is 3.87. The molecule has 0 saturated heterocycles. The van der Waals surface area contributed by atoms with Crippen molar-refractivity contribution in [3.8, 4) is 9.86 Å². The molecule has 30 heavy (non-hydrogen) atoms. The SMILES string of the molecule is CCC[CH2][Sn]([C]#C[C](=[W])N(C)C)([CH2]CCC)[CH2]CCC.[C-]#[O+].[C-]#[O+].[C-]#[O+].[C-]#[O+].[C-]#[O+]. The van der Waals surface area contributed by atoms with Crippen molar-refractivity contribution in [2.24, 2.45) is 0 Å². The molecule has 0 aliphatic carbocycles. The zero-order valence-electron chi connectivity index (χ0n) is 18.8. The van der Waals surface area contributed by atoms with Gasteiger partial charge in [0, 0.05) is 0 Å². The van der Waals surface area contributed by atoms with Gasteiger partial charge >= 0.3 is 200 Å². The van der Waals surface area contributed by atoms with E-state index >= 15 is 0 Å². The number of hydrogen-bond donors (Lipinski definition) is 0. The minimum absolute atomic E-state index is 1.32. The molecule has 0 radical (unpaired) electrons. The fraction of sp³-hybridized carbons (Fsp3) is 0.636. The Morgan fingerprint density at radius 2 is 0.967 bits per heavy atom. The van der Waals surface area contributed by atoms with Gasteiger partial charge in [0.15, 0.2) is 0 Å². The summed E-state index contributed by atoms with van der Waals surface area (Å²) < 4.78 is 47.2. The van der Waals surface area contributed by atoms with Crippen LogP contribution in [0.4, 0.5) is 0 Å². The molecule has 6 nitrogen and oxygen atoms in total. The minimum atomic E-state index is -2.20. The van der Waals surface area contributed by atoms with Gasteiger partial charge in [-0.3, -0.25) is 0 Å². The van der Waals surface area contributed by atoms with Crippen molar-refractivity contribution < 1.29 is 42.6 Å². The first-order valence-corrected chi connectivity index (χ1v) is 18.2. The quantitative estimate of drug-likeness (QED) is 0.144. The summed E-state index contributed by atoms with van der Waals surface area (Å²) in [5, 5.41) is 0. The van der Waals surface area contributed by atoms with Gasteiger partial charge in [0.25, 0.3) is 0 Å². The Balaban J connectivity index is -0.000000125. The summed E-state index contributed by atoms with van der Waals surface area (Å²) in [5.41, 5.74) is 0. The van der Waals surface area contributed by atoms with Crippen molar-refractivity contribution in [2.45, 2.75) is 72.6 Å². The van der Waals surface area contributed by atoms with E-state index in [-0.39, 0.29) is 0 Å². The summed E-state index contributed by atoms with van der Waals surface area (Å²) in [7, 11) is 4.25. The van der Waals surface area contributed by atoms with Gasteiger partial charge in [-0.2, -0.15) is 0 Å². The van der Waals surface area contributed by atoms with Crippen LogP contribution in [0.5, 0.6) is 0 Å². The Hall–Kier alpha value is -0.423. The van der Waals surface area contributed by atoms with Gasteiger partial charge < -0.3 is 0 Å². The molecule has 0 bridgehead atoms. The summed E-state index contributed by atoms with van der Waals surface area (Å²) in [5.74, 6) is 3.57. The first-order chi connectivity index (χ1) is 14.5. The second-order valence-electron chi connectivity index (χ2n) is 6.04. The molecule has 0 fully saturated rings. The third kappa shape index (κ3) is 32.2. The molecule has 0 unspecified atom stereocenters. The van der Waals surface area contributed by atoms with Crippen LogP contribution in [0.25, 0.3) is 0 Å². The van der Waals surface area contributed by atoms with Gasteiger partial charge in [0.2, 0.25) is 0 Å². The Kier molecular flexibility index (Phi) is 61.8. The average molecular weight is 694 g/mol. The average Bonchev–Trinajstić information content (AvgIpc) is 2.84. The first-order valence-electron chi connectivity index (χ1n) is 9.27. The van der Waals surface area contributed by atoms with Crippen molar-refractivity contribution in [2.75, 3.05) is 14.1 Å². The summed E-state index contributed by atoms with van der Waals surface area (Å²) in [4.78, 5) is 2.19. The molecule has 0 aromatic rings. The van der Waals surface area contributed by atoms with Crippen molar-refractivity contribution in [3.05, 3.63) is 33.3 Å². The summed E-state index contributed by atoms with van der Waals surface area (Å²) >= 11 is -0.688. The van der Waals surface area contributed by atoms with Crippen LogP contribution in [0.3, 0.4) is 0 Å². The maximum absolute atomic E-state index is 7.50. The van der Waals surface area contributed by atoms with Crippen LogP contribution in [0, 0.1) is 43.1 Å². The van der Waals surface area contributed by atoms with Crippen molar-refractivity contribution in [1.29, 1.82) is 0 Å². The van der Waals surface area contributed by atoms with Crippen molar-refractivity contribution in [3.63, 3.8) is 0 Å². The fourth-order valence-corrected chi connectivity index (χ4v) is 16.7. The van der Waals surface area contributed by atoms with Crippen molar-refractivity contribution in [1.82, 2.24) is 4.90 Å². The molecule has 0 rings (SSSR count). The monoisotopic (exact) mass is 695 g/mol. The second kappa shape index (κ2) is 42.6. The topological polar surface area (TPSA) is 103 Å². The number of hydrogen-bond acceptors (Lipinski definition) is 1. The molecule has 0 heterocycles. The molecule has 0 saturated carbocycles. The van der Waals surface area contributed by atoms with Crippen LogP contribution in [0.2, 0.25) is 13.3 Å². The molecule has 0 spiro atoms. The summed E-state index contributed by atoms with van der Waals surface area (Å²) in [6, 6.07) is 0. The second-order valence-corrected chi connectivity index (χ2v) is 19.7. The molecular formula is C22H33NO5SnW. The van der Waals surface area contributed by atoms with Gasteiger partial charge in [0.05, 0.1) is 0 Å². The Labute approximate surface area is 198 Å². The standard InChI is InChI=1S/C5H6N.3C4H9.5CO.Sn.W/c1-4-5-6(2)3;3*1-3-4-2;5*1-2;;/h2-3H3;3*1,3-4H2,2H3;;;;;;;. The van der Waals surface area contributed by atoms with E-state index in [1.165, 1.54) is 75.2 Å². The van der Waals surface area contributed by atoms with E-state index in [9.17, 15) is 0 Å². The normalized spacial score (nSPS) is 7.87. The molecule has 0 atom stereocenters. The van der Waals surface area contributed by atoms with E-state index in [0.29, 0.717) is 0 Å². The van der Waals surface area contributed by atoms with Crippen LogP contribution in [0.1, 0.15) is 59.3 Å². The number of unbranched alkanes of at least 4 members (excludes halogenated alkanes) is 3. The Morgan fingerprint density at radius 3 is 1.17 bits per heavy atom. The van der Waals surface area contributed by atoms with E-state index in [1.54, 1.807) is 0 Å². The molecule has 0 N–H and O–H groups in total. The Bertz CT molecular complexity index is 471. The zero-order chi connectivity index (χ0) is 25.4. The predicted octanol–water partition coefficient (Wildman–Crippen LogP) is 4.43. The molecule has 166 valence electrons. The third-order valence-corrected chi connectivity index (χ3v) is 18.6. The van der Waals surface area contributed by atoms with Crippen LogP contribution in [0.15, 0.2) is 0 Å². The Morgan fingerprint density at radius 1 is 0.700 bits per heavy atom. The molecule has 0 aliphatic heterocycles. The molecular weight excluding hydrogens is 661 g/mol. The van der Waals surface area contributed by atoms with Gasteiger partial charge in [-0.1, -0.05) is 0 Å². The van der Waals surface area contributed by atoms with Crippen LogP contribution in [-0.2, 0) is 42.6 Å². The van der Waals surface area contributed by atoms with E-state index in [2.05, 4.69) is 82.9 Å². The van der Waals surface area contributed by atoms with Gasteiger partial charge in [-0.15, -0.1) is 0 Å². The molecule has 0 aromatic carbocycles. The predicted molar refractivity (Wildman–Crippen MR) is 111 cm³/mol. The molecule has 0 aliphatic rings. The van der Waals surface area contributed by atoms with Crippen LogP contribution < -0.4 is 0 Å².